The van der Waals surface area contributed by atoms with Crippen molar-refractivity contribution in [3.63, 3.8) is 0 Å². The van der Waals surface area contributed by atoms with Gasteiger partial charge in [-0.3, -0.25) is 9.69 Å². The first-order valence-electron chi connectivity index (χ1n) is 9.65. The number of carbonyl (C=O) groups excluding carboxylic acids is 1. The Kier molecular flexibility index (Phi) is 7.60. The summed E-state index contributed by atoms with van der Waals surface area (Å²) < 4.78 is 5.68. The molecule has 150 valence electrons. The van der Waals surface area contributed by atoms with Gasteiger partial charge in [0.05, 0.1) is 6.54 Å². The van der Waals surface area contributed by atoms with Crippen LogP contribution in [0.1, 0.15) is 24.0 Å². The van der Waals surface area contributed by atoms with Crippen LogP contribution in [-0.4, -0.2) is 37.0 Å². The molecule has 1 heterocycles. The number of ether oxygens (including phenoxy) is 1. The highest BCUT2D eigenvalue weighted by Gasteiger charge is 2.25. The molecule has 0 atom stereocenters. The summed E-state index contributed by atoms with van der Waals surface area (Å²) in [4.78, 5) is 14.7. The van der Waals surface area contributed by atoms with Gasteiger partial charge in [0, 0.05) is 22.5 Å². The van der Waals surface area contributed by atoms with Crippen molar-refractivity contribution in [2.75, 3.05) is 26.2 Å². The predicted molar refractivity (Wildman–Crippen MR) is 114 cm³/mol. The molecule has 0 aliphatic carbocycles. The molecular weight excluding hydrogens is 395 g/mol. The van der Waals surface area contributed by atoms with E-state index in [2.05, 4.69) is 10.2 Å². The highest BCUT2D eigenvalue weighted by atomic mass is 35.5. The van der Waals surface area contributed by atoms with Gasteiger partial charge in [0.25, 0.3) is 0 Å². The van der Waals surface area contributed by atoms with Gasteiger partial charge < -0.3 is 10.1 Å². The van der Waals surface area contributed by atoms with E-state index in [0.717, 1.165) is 49.4 Å². The average Bonchev–Trinajstić information content (AvgIpc) is 2.68. The molecule has 4 nitrogen and oxygen atoms in total. The van der Waals surface area contributed by atoms with Crippen LogP contribution < -0.4 is 10.1 Å². The molecule has 1 saturated heterocycles. The summed E-state index contributed by atoms with van der Waals surface area (Å²) in [6, 6.07) is 13.5. The third-order valence-corrected chi connectivity index (χ3v) is 5.61. The molecule has 0 aromatic heterocycles. The zero-order chi connectivity index (χ0) is 19.9. The van der Waals surface area contributed by atoms with Crippen LogP contribution in [0.25, 0.3) is 0 Å². The minimum absolute atomic E-state index is 0.0657. The SMILES string of the molecule is Cc1cccc(OCCNC(=O)C2CCN(Cc3ccc(Cl)cc3Cl)CC2)c1. The van der Waals surface area contributed by atoms with Crippen molar-refractivity contribution in [1.29, 1.82) is 0 Å². The summed E-state index contributed by atoms with van der Waals surface area (Å²) in [6.07, 6.45) is 1.71. The second-order valence-corrected chi connectivity index (χ2v) is 8.09. The Morgan fingerprint density at radius 1 is 1.18 bits per heavy atom. The Morgan fingerprint density at radius 3 is 2.68 bits per heavy atom. The largest absolute Gasteiger partial charge is 0.492 e. The Labute approximate surface area is 176 Å². The number of hydrogen-bond donors (Lipinski definition) is 1. The molecule has 0 radical (unpaired) electrons. The molecule has 0 bridgehead atoms. The minimum Gasteiger partial charge on any atom is -0.492 e. The lowest BCUT2D eigenvalue weighted by atomic mass is 9.95. The van der Waals surface area contributed by atoms with E-state index in [0.29, 0.717) is 23.2 Å². The van der Waals surface area contributed by atoms with Crippen molar-refractivity contribution in [1.82, 2.24) is 10.2 Å². The standard InChI is InChI=1S/C22H26Cl2N2O2/c1-16-3-2-4-20(13-16)28-12-9-25-22(27)17-7-10-26(11-8-17)15-18-5-6-19(23)14-21(18)24/h2-6,13-14,17H,7-12,15H2,1H3,(H,25,27). The fraction of sp³-hybridized carbons (Fsp3) is 0.409. The smallest absolute Gasteiger partial charge is 0.223 e. The predicted octanol–water partition coefficient (Wildman–Crippen LogP) is 4.71. The molecule has 1 N–H and O–H groups in total. The lowest BCUT2D eigenvalue weighted by Crippen LogP contribution is -2.41. The molecule has 1 aliphatic rings. The number of nitrogens with one attached hydrogen (secondary N) is 1. The molecule has 3 rings (SSSR count). The van der Waals surface area contributed by atoms with Gasteiger partial charge in [-0.15, -0.1) is 0 Å². The summed E-state index contributed by atoms with van der Waals surface area (Å²) in [5.74, 6) is 1.02. The first kappa shape index (κ1) is 21.0. The van der Waals surface area contributed by atoms with Crippen LogP contribution in [0, 0.1) is 12.8 Å². The Morgan fingerprint density at radius 2 is 1.96 bits per heavy atom. The molecule has 1 amide bonds. The normalized spacial score (nSPS) is 15.4. The average molecular weight is 421 g/mol. The number of aryl methyl sites for hydroxylation is 1. The number of halogens is 2. The van der Waals surface area contributed by atoms with Gasteiger partial charge in [-0.05, 0) is 68.2 Å². The molecule has 1 fully saturated rings. The van der Waals surface area contributed by atoms with Crippen LogP contribution in [0.4, 0.5) is 0 Å². The lowest BCUT2D eigenvalue weighted by Gasteiger charge is -2.31. The van der Waals surface area contributed by atoms with Gasteiger partial charge in [-0.1, -0.05) is 41.4 Å². The van der Waals surface area contributed by atoms with Crippen LogP contribution >= 0.6 is 23.2 Å². The number of piperidine rings is 1. The third kappa shape index (κ3) is 6.13. The molecule has 2 aromatic carbocycles. The van der Waals surface area contributed by atoms with Gasteiger partial charge in [0.15, 0.2) is 0 Å². The fourth-order valence-corrected chi connectivity index (χ4v) is 3.90. The summed E-state index contributed by atoms with van der Waals surface area (Å²) in [6.45, 7) is 5.58. The second kappa shape index (κ2) is 10.1. The molecule has 1 aliphatic heterocycles. The highest BCUT2D eigenvalue weighted by molar-refractivity contribution is 6.35. The maximum Gasteiger partial charge on any atom is 0.223 e. The fourth-order valence-electron chi connectivity index (χ4n) is 3.44. The summed E-state index contributed by atoms with van der Waals surface area (Å²) in [5.41, 5.74) is 2.23. The van der Waals surface area contributed by atoms with E-state index in [1.807, 2.05) is 43.3 Å². The molecule has 0 saturated carbocycles. The minimum atomic E-state index is 0.0657. The zero-order valence-electron chi connectivity index (χ0n) is 16.1. The topological polar surface area (TPSA) is 41.6 Å². The van der Waals surface area contributed by atoms with Gasteiger partial charge in [0.2, 0.25) is 5.91 Å². The Hall–Kier alpha value is -1.75. The van der Waals surface area contributed by atoms with E-state index in [9.17, 15) is 4.79 Å². The van der Waals surface area contributed by atoms with Crippen molar-refractivity contribution >= 4 is 29.1 Å². The first-order chi connectivity index (χ1) is 13.5. The van der Waals surface area contributed by atoms with E-state index < -0.39 is 0 Å². The summed E-state index contributed by atoms with van der Waals surface area (Å²) in [7, 11) is 0. The van der Waals surface area contributed by atoms with Crippen molar-refractivity contribution in [2.45, 2.75) is 26.3 Å². The quantitative estimate of drug-likeness (QED) is 0.659. The molecular formula is C22H26Cl2N2O2. The van der Waals surface area contributed by atoms with Crippen molar-refractivity contribution in [3.8, 4) is 5.75 Å². The van der Waals surface area contributed by atoms with Crippen LogP contribution in [0.5, 0.6) is 5.75 Å². The third-order valence-electron chi connectivity index (χ3n) is 5.03. The second-order valence-electron chi connectivity index (χ2n) is 7.24. The molecule has 0 unspecified atom stereocenters. The van der Waals surface area contributed by atoms with E-state index in [-0.39, 0.29) is 11.8 Å². The van der Waals surface area contributed by atoms with Crippen molar-refractivity contribution in [2.24, 2.45) is 5.92 Å². The van der Waals surface area contributed by atoms with Gasteiger partial charge in [0.1, 0.15) is 12.4 Å². The number of amides is 1. The van der Waals surface area contributed by atoms with Gasteiger partial charge in [-0.25, -0.2) is 0 Å². The van der Waals surface area contributed by atoms with Crippen LogP contribution in [-0.2, 0) is 11.3 Å². The van der Waals surface area contributed by atoms with Crippen LogP contribution in [0.2, 0.25) is 10.0 Å². The monoisotopic (exact) mass is 420 g/mol. The number of rotatable bonds is 7. The molecule has 28 heavy (non-hydrogen) atoms. The molecule has 2 aromatic rings. The first-order valence-corrected chi connectivity index (χ1v) is 10.4. The maximum absolute atomic E-state index is 12.4. The molecule has 6 heteroatoms. The number of benzene rings is 2. The molecule has 0 spiro atoms. The Bertz CT molecular complexity index is 805. The number of hydrogen-bond acceptors (Lipinski definition) is 3. The number of nitrogens with zero attached hydrogens (tertiary/aromatic N) is 1. The zero-order valence-corrected chi connectivity index (χ0v) is 17.6. The summed E-state index contributed by atoms with van der Waals surface area (Å²) in [5, 5.41) is 4.34. The van der Waals surface area contributed by atoms with E-state index in [4.69, 9.17) is 27.9 Å². The summed E-state index contributed by atoms with van der Waals surface area (Å²) >= 11 is 12.2. The van der Waals surface area contributed by atoms with Crippen LogP contribution in [0.15, 0.2) is 42.5 Å². The maximum atomic E-state index is 12.4. The number of likely N-dealkylation sites (tertiary alicyclic amines) is 1. The van der Waals surface area contributed by atoms with Crippen molar-refractivity contribution in [3.05, 3.63) is 63.6 Å². The van der Waals surface area contributed by atoms with Gasteiger partial charge >= 0.3 is 0 Å². The van der Waals surface area contributed by atoms with Crippen molar-refractivity contribution < 1.29 is 9.53 Å². The van der Waals surface area contributed by atoms with E-state index >= 15 is 0 Å². The lowest BCUT2D eigenvalue weighted by molar-refractivity contribution is -0.126. The highest BCUT2D eigenvalue weighted by Crippen LogP contribution is 2.25. The Balaban J connectivity index is 1.36. The van der Waals surface area contributed by atoms with E-state index in [1.54, 1.807) is 6.07 Å². The van der Waals surface area contributed by atoms with Gasteiger partial charge in [-0.2, -0.15) is 0 Å². The number of carbonyl (C=O) groups is 1. The van der Waals surface area contributed by atoms with E-state index in [1.165, 1.54) is 0 Å². The van der Waals surface area contributed by atoms with Crippen LogP contribution in [0.3, 0.4) is 0 Å².